The van der Waals surface area contributed by atoms with E-state index in [9.17, 15) is 13.2 Å². The monoisotopic (exact) mass is 334 g/mol. The Morgan fingerprint density at radius 1 is 1.04 bits per heavy atom. The van der Waals surface area contributed by atoms with Gasteiger partial charge in [0.25, 0.3) is 0 Å². The fourth-order valence-corrected chi connectivity index (χ4v) is 3.23. The lowest BCUT2D eigenvalue weighted by molar-refractivity contribution is -0.137. The van der Waals surface area contributed by atoms with Crippen LogP contribution >= 0.6 is 0 Å². The van der Waals surface area contributed by atoms with Gasteiger partial charge in [0.05, 0.1) is 5.56 Å². The van der Waals surface area contributed by atoms with Crippen LogP contribution in [0.5, 0.6) is 0 Å². The Bertz CT molecular complexity index is 655. The highest BCUT2D eigenvalue weighted by Gasteiger charge is 2.30. The van der Waals surface area contributed by atoms with Crippen molar-refractivity contribution in [2.45, 2.75) is 37.6 Å². The van der Waals surface area contributed by atoms with E-state index in [1.54, 1.807) is 6.07 Å². The molecule has 2 atom stereocenters. The fourth-order valence-electron chi connectivity index (χ4n) is 3.23. The summed E-state index contributed by atoms with van der Waals surface area (Å²) in [5, 5.41) is 6.95. The van der Waals surface area contributed by atoms with Gasteiger partial charge in [0.1, 0.15) is 0 Å². The van der Waals surface area contributed by atoms with Crippen LogP contribution in [-0.4, -0.2) is 12.6 Å². The second kappa shape index (κ2) is 7.36. The minimum Gasteiger partial charge on any atom is -0.309 e. The van der Waals surface area contributed by atoms with Crippen LogP contribution in [0.25, 0.3) is 0 Å². The van der Waals surface area contributed by atoms with Crippen molar-refractivity contribution < 1.29 is 13.2 Å². The lowest BCUT2D eigenvalue weighted by atomic mass is 9.92. The quantitative estimate of drug-likeness (QED) is 0.872. The van der Waals surface area contributed by atoms with E-state index in [0.717, 1.165) is 25.5 Å². The Hall–Kier alpha value is -1.85. The molecule has 2 aromatic carbocycles. The SMILES string of the molecule is FC(F)(F)c1cccc(CN[C@H]2CCCN[C@H]2c2ccccc2)c1. The van der Waals surface area contributed by atoms with E-state index in [2.05, 4.69) is 22.8 Å². The van der Waals surface area contributed by atoms with E-state index < -0.39 is 11.7 Å². The molecule has 1 saturated heterocycles. The van der Waals surface area contributed by atoms with Gasteiger partial charge in [-0.3, -0.25) is 0 Å². The van der Waals surface area contributed by atoms with Gasteiger partial charge in [-0.05, 0) is 36.6 Å². The predicted molar refractivity (Wildman–Crippen MR) is 88.5 cm³/mol. The maximum atomic E-state index is 12.8. The van der Waals surface area contributed by atoms with Gasteiger partial charge in [-0.25, -0.2) is 0 Å². The Labute approximate surface area is 140 Å². The van der Waals surface area contributed by atoms with Crippen LogP contribution in [0, 0.1) is 0 Å². The minimum absolute atomic E-state index is 0.186. The average molecular weight is 334 g/mol. The molecule has 0 spiro atoms. The Morgan fingerprint density at radius 3 is 2.58 bits per heavy atom. The number of rotatable bonds is 4. The first-order chi connectivity index (χ1) is 11.5. The van der Waals surface area contributed by atoms with E-state index >= 15 is 0 Å². The van der Waals surface area contributed by atoms with Gasteiger partial charge in [-0.15, -0.1) is 0 Å². The second-order valence-corrected chi connectivity index (χ2v) is 6.17. The molecule has 0 radical (unpaired) electrons. The second-order valence-electron chi connectivity index (χ2n) is 6.17. The maximum absolute atomic E-state index is 12.8. The number of nitrogens with one attached hydrogen (secondary N) is 2. The van der Waals surface area contributed by atoms with Gasteiger partial charge >= 0.3 is 6.18 Å². The molecular weight excluding hydrogens is 313 g/mol. The molecule has 0 amide bonds. The van der Waals surface area contributed by atoms with Crippen molar-refractivity contribution in [3.8, 4) is 0 Å². The molecule has 1 fully saturated rings. The Kier molecular flexibility index (Phi) is 5.21. The molecule has 1 aliphatic heterocycles. The molecule has 0 bridgehead atoms. The third kappa shape index (κ3) is 4.16. The molecule has 0 aliphatic carbocycles. The number of hydrogen-bond acceptors (Lipinski definition) is 2. The minimum atomic E-state index is -4.30. The summed E-state index contributed by atoms with van der Waals surface area (Å²) in [6, 6.07) is 16.1. The van der Waals surface area contributed by atoms with Crippen LogP contribution in [0.2, 0.25) is 0 Å². The van der Waals surface area contributed by atoms with Crippen molar-refractivity contribution in [2.75, 3.05) is 6.54 Å². The highest BCUT2D eigenvalue weighted by Crippen LogP contribution is 2.30. The number of benzene rings is 2. The fraction of sp³-hybridized carbons (Fsp3) is 0.368. The van der Waals surface area contributed by atoms with Gasteiger partial charge in [0.15, 0.2) is 0 Å². The Morgan fingerprint density at radius 2 is 1.83 bits per heavy atom. The molecule has 0 saturated carbocycles. The summed E-state index contributed by atoms with van der Waals surface area (Å²) in [6.07, 6.45) is -2.23. The molecule has 1 heterocycles. The molecule has 1 aliphatic rings. The number of hydrogen-bond donors (Lipinski definition) is 2. The molecule has 5 heteroatoms. The van der Waals surface area contributed by atoms with Crippen LogP contribution < -0.4 is 10.6 Å². The van der Waals surface area contributed by atoms with Crippen molar-refractivity contribution in [1.82, 2.24) is 10.6 Å². The summed E-state index contributed by atoms with van der Waals surface area (Å²) in [5.41, 5.74) is 1.27. The molecule has 0 unspecified atom stereocenters. The molecule has 2 aromatic rings. The largest absolute Gasteiger partial charge is 0.416 e. The third-order valence-corrected chi connectivity index (χ3v) is 4.44. The van der Waals surface area contributed by atoms with E-state index in [4.69, 9.17) is 0 Å². The zero-order valence-electron chi connectivity index (χ0n) is 13.3. The summed E-state index contributed by atoms with van der Waals surface area (Å²) in [4.78, 5) is 0. The van der Waals surface area contributed by atoms with Crippen LogP contribution in [0.3, 0.4) is 0 Å². The number of alkyl halides is 3. The van der Waals surface area contributed by atoms with E-state index in [0.29, 0.717) is 12.1 Å². The summed E-state index contributed by atoms with van der Waals surface area (Å²) < 4.78 is 38.4. The van der Waals surface area contributed by atoms with Crippen molar-refractivity contribution in [1.29, 1.82) is 0 Å². The van der Waals surface area contributed by atoms with Crippen LogP contribution in [0.1, 0.15) is 35.6 Å². The standard InChI is InChI=1S/C19H21F3N2/c20-19(21,22)16-9-4-6-14(12-16)13-24-17-10-5-11-23-18(17)15-7-2-1-3-8-15/h1-4,6-9,12,17-18,23-24H,5,10-11,13H2/t17-,18-/m0/s1. The first kappa shape index (κ1) is 17.0. The summed E-state index contributed by atoms with van der Waals surface area (Å²) >= 11 is 0. The predicted octanol–water partition coefficient (Wildman–Crippen LogP) is 4.29. The van der Waals surface area contributed by atoms with Crippen molar-refractivity contribution in [3.63, 3.8) is 0 Å². The zero-order chi connectivity index (χ0) is 17.0. The van der Waals surface area contributed by atoms with E-state index in [1.807, 2.05) is 18.2 Å². The highest BCUT2D eigenvalue weighted by molar-refractivity contribution is 5.26. The van der Waals surface area contributed by atoms with E-state index in [-0.39, 0.29) is 12.1 Å². The lowest BCUT2D eigenvalue weighted by Gasteiger charge is -2.34. The van der Waals surface area contributed by atoms with Gasteiger partial charge < -0.3 is 10.6 Å². The summed E-state index contributed by atoms with van der Waals surface area (Å²) in [5.74, 6) is 0. The molecular formula is C19H21F3N2. The maximum Gasteiger partial charge on any atom is 0.416 e. The molecule has 0 aromatic heterocycles. The summed E-state index contributed by atoms with van der Waals surface area (Å²) in [6.45, 7) is 1.39. The third-order valence-electron chi connectivity index (χ3n) is 4.44. The van der Waals surface area contributed by atoms with Crippen molar-refractivity contribution in [3.05, 3.63) is 71.3 Å². The van der Waals surface area contributed by atoms with Crippen LogP contribution in [0.15, 0.2) is 54.6 Å². The van der Waals surface area contributed by atoms with Crippen molar-refractivity contribution >= 4 is 0 Å². The van der Waals surface area contributed by atoms with Crippen LogP contribution in [-0.2, 0) is 12.7 Å². The molecule has 2 N–H and O–H groups in total. The summed E-state index contributed by atoms with van der Waals surface area (Å²) in [7, 11) is 0. The normalized spacial score (nSPS) is 21.6. The molecule has 2 nitrogen and oxygen atoms in total. The first-order valence-corrected chi connectivity index (χ1v) is 8.22. The van der Waals surface area contributed by atoms with Gasteiger partial charge in [-0.1, -0.05) is 48.5 Å². The van der Waals surface area contributed by atoms with Gasteiger partial charge in [-0.2, -0.15) is 13.2 Å². The average Bonchev–Trinajstić information content (AvgIpc) is 2.60. The highest BCUT2D eigenvalue weighted by atomic mass is 19.4. The molecule has 3 rings (SSSR count). The topological polar surface area (TPSA) is 24.1 Å². The number of piperidine rings is 1. The van der Waals surface area contributed by atoms with E-state index in [1.165, 1.54) is 17.7 Å². The van der Waals surface area contributed by atoms with Gasteiger partial charge in [0, 0.05) is 18.6 Å². The van der Waals surface area contributed by atoms with Crippen molar-refractivity contribution in [2.24, 2.45) is 0 Å². The van der Waals surface area contributed by atoms with Gasteiger partial charge in [0.2, 0.25) is 0 Å². The molecule has 128 valence electrons. The van der Waals surface area contributed by atoms with Crippen LogP contribution in [0.4, 0.5) is 13.2 Å². The number of halogens is 3. The molecule has 24 heavy (non-hydrogen) atoms. The lowest BCUT2D eigenvalue weighted by Crippen LogP contribution is -2.45. The zero-order valence-corrected chi connectivity index (χ0v) is 13.3. The Balaban J connectivity index is 1.68. The first-order valence-electron chi connectivity index (χ1n) is 8.22. The smallest absolute Gasteiger partial charge is 0.309 e.